The van der Waals surface area contributed by atoms with Gasteiger partial charge in [-0.3, -0.25) is 9.59 Å². The van der Waals surface area contributed by atoms with Crippen molar-refractivity contribution in [1.82, 2.24) is 0 Å². The quantitative estimate of drug-likeness (QED) is 0.521. The van der Waals surface area contributed by atoms with Crippen LogP contribution in [-0.2, 0) is 4.79 Å². The van der Waals surface area contributed by atoms with Gasteiger partial charge < -0.3 is 12.3 Å². The Kier molecular flexibility index (Phi) is 8.98. The number of nitrogens with two attached hydrogens (primary N) is 1. The van der Waals surface area contributed by atoms with Crippen LogP contribution in [0, 0.1) is 11.8 Å². The number of aliphatic carboxylic acids is 1. The third-order valence-electron chi connectivity index (χ3n) is 3.17. The van der Waals surface area contributed by atoms with Crippen molar-refractivity contribution >= 4 is 11.8 Å². The van der Waals surface area contributed by atoms with Crippen LogP contribution in [0.1, 0.15) is 38.5 Å². The molecule has 0 saturated carbocycles. The predicted octanol–water partition coefficient (Wildman–Crippen LogP) is -0.550. The first-order chi connectivity index (χ1) is 8.93. The molecule has 1 aromatic carbocycles. The van der Waals surface area contributed by atoms with Crippen LogP contribution >= 0.6 is 0 Å². The van der Waals surface area contributed by atoms with E-state index in [2.05, 4.69) is 0 Å². The first-order valence-corrected chi connectivity index (χ1v) is 6.51. The molecule has 0 aromatic heterocycles. The van der Waals surface area contributed by atoms with Crippen LogP contribution in [0.15, 0.2) is 30.3 Å². The van der Waals surface area contributed by atoms with Crippen LogP contribution in [0.3, 0.4) is 0 Å². The molecule has 3 N–H and O–H groups in total. The van der Waals surface area contributed by atoms with Gasteiger partial charge in [0, 0.05) is 5.56 Å². The second-order valence-electron chi connectivity index (χ2n) is 5.17. The van der Waals surface area contributed by atoms with E-state index in [1.54, 1.807) is 30.3 Å². The zero-order chi connectivity index (χ0) is 14.4. The number of hydrogen-bond donors (Lipinski definition) is 2. The summed E-state index contributed by atoms with van der Waals surface area (Å²) in [6.07, 6.45) is 1.17. The number of carboxylic acid groups (broad SMARTS) is 1. The van der Waals surface area contributed by atoms with E-state index in [-0.39, 0.29) is 36.8 Å². The van der Waals surface area contributed by atoms with E-state index >= 15 is 0 Å². The number of ketones is 1. The fourth-order valence-corrected chi connectivity index (χ4v) is 1.95. The smallest absolute Gasteiger partial charge is 1.00 e. The molecule has 4 nitrogen and oxygen atoms in total. The maximum atomic E-state index is 12.1. The molecule has 2 atom stereocenters. The van der Waals surface area contributed by atoms with Gasteiger partial charge in [-0.2, -0.15) is 0 Å². The Bertz CT molecular complexity index is 440. The fourth-order valence-electron chi connectivity index (χ4n) is 1.95. The van der Waals surface area contributed by atoms with Gasteiger partial charge >= 0.3 is 35.5 Å². The number of carbonyl (C=O) groups is 2. The molecule has 0 spiro atoms. The summed E-state index contributed by atoms with van der Waals surface area (Å²) in [7, 11) is 0. The van der Waals surface area contributed by atoms with Crippen molar-refractivity contribution in [3.8, 4) is 0 Å². The van der Waals surface area contributed by atoms with E-state index in [4.69, 9.17) is 5.73 Å². The number of hydrogen-bond acceptors (Lipinski definition) is 3. The van der Waals surface area contributed by atoms with Gasteiger partial charge in [-0.25, -0.2) is 0 Å². The zero-order valence-corrected chi connectivity index (χ0v) is 14.4. The van der Waals surface area contributed by atoms with Crippen molar-refractivity contribution in [3.05, 3.63) is 35.9 Å². The summed E-state index contributed by atoms with van der Waals surface area (Å²) >= 11 is 0. The Morgan fingerprint density at radius 3 is 2.20 bits per heavy atom. The molecule has 0 fully saturated rings. The Labute approximate surface area is 143 Å². The van der Waals surface area contributed by atoms with Gasteiger partial charge in [-0.1, -0.05) is 50.6 Å². The molecule has 1 aromatic rings. The number of Topliss-reactive ketones (excluding diaryl/α,β-unsaturated/α-hetero) is 1. The number of carboxylic acids is 1. The van der Waals surface area contributed by atoms with Crippen molar-refractivity contribution in [2.45, 2.75) is 32.7 Å². The van der Waals surface area contributed by atoms with Gasteiger partial charge in [-0.05, 0) is 12.3 Å². The normalized spacial score (nSPS) is 13.4. The molecule has 0 aliphatic rings. The van der Waals surface area contributed by atoms with Gasteiger partial charge in [0.25, 0.3) is 0 Å². The Morgan fingerprint density at radius 2 is 1.75 bits per heavy atom. The number of benzene rings is 1. The molecule has 0 radical (unpaired) electrons. The molecule has 20 heavy (non-hydrogen) atoms. The molecule has 0 saturated heterocycles. The van der Waals surface area contributed by atoms with Gasteiger partial charge in [0.2, 0.25) is 0 Å². The van der Waals surface area contributed by atoms with Crippen molar-refractivity contribution < 1.29 is 45.7 Å². The summed E-state index contributed by atoms with van der Waals surface area (Å²) < 4.78 is 0. The van der Waals surface area contributed by atoms with Gasteiger partial charge in [0.05, 0.1) is 12.0 Å². The molecule has 0 aliphatic carbocycles. The van der Waals surface area contributed by atoms with E-state index in [0.717, 1.165) is 6.42 Å². The molecule has 1 rings (SSSR count). The minimum absolute atomic E-state index is 0. The summed E-state index contributed by atoms with van der Waals surface area (Å²) in [6, 6.07) is 7.61. The van der Waals surface area contributed by atoms with Crippen LogP contribution in [0.5, 0.6) is 0 Å². The second-order valence-corrected chi connectivity index (χ2v) is 5.17. The summed E-state index contributed by atoms with van der Waals surface area (Å²) in [4.78, 5) is 23.4. The van der Waals surface area contributed by atoms with Gasteiger partial charge in [-0.15, -0.1) is 0 Å². The standard InChI is InChI=1S/C15H21NO3.Na.H/c1-10(2)8-9-12(15(18)19)13(16)14(17)11-6-4-3-5-7-11;;/h3-7,10,12-13H,8-9,16H2,1-2H3,(H,18,19);;/q;+1;-1. The van der Waals surface area contributed by atoms with Gasteiger partial charge in [0.1, 0.15) is 0 Å². The van der Waals surface area contributed by atoms with Crippen molar-refractivity contribution in [2.75, 3.05) is 0 Å². The molecular weight excluding hydrogens is 265 g/mol. The largest absolute Gasteiger partial charge is 1.00 e. The molecule has 5 heteroatoms. The molecule has 2 unspecified atom stereocenters. The van der Waals surface area contributed by atoms with E-state index in [1.807, 2.05) is 13.8 Å². The molecule has 0 amide bonds. The van der Waals surface area contributed by atoms with Crippen LogP contribution in [0.2, 0.25) is 0 Å². The number of rotatable bonds is 7. The van der Waals surface area contributed by atoms with E-state index in [0.29, 0.717) is 17.9 Å². The van der Waals surface area contributed by atoms with Crippen molar-refractivity contribution in [2.24, 2.45) is 17.6 Å². The zero-order valence-electron chi connectivity index (χ0n) is 13.4. The van der Waals surface area contributed by atoms with Crippen molar-refractivity contribution in [3.63, 3.8) is 0 Å². The summed E-state index contributed by atoms with van der Waals surface area (Å²) in [5.41, 5.74) is 6.31. The maximum absolute atomic E-state index is 12.1. The minimum Gasteiger partial charge on any atom is -1.00 e. The van der Waals surface area contributed by atoms with E-state index < -0.39 is 17.9 Å². The summed E-state index contributed by atoms with van der Waals surface area (Å²) in [6.45, 7) is 4.03. The Morgan fingerprint density at radius 1 is 1.20 bits per heavy atom. The van der Waals surface area contributed by atoms with Gasteiger partial charge in [0.15, 0.2) is 5.78 Å². The summed E-state index contributed by atoms with van der Waals surface area (Å²) in [5.74, 6) is -1.75. The molecule has 0 bridgehead atoms. The Hall–Kier alpha value is -0.680. The maximum Gasteiger partial charge on any atom is 1.00 e. The Balaban J connectivity index is 0. The molecule has 0 heterocycles. The topological polar surface area (TPSA) is 80.4 Å². The third-order valence-corrected chi connectivity index (χ3v) is 3.17. The van der Waals surface area contributed by atoms with Crippen LogP contribution in [0.4, 0.5) is 0 Å². The second kappa shape index (κ2) is 9.29. The minimum atomic E-state index is -1.00. The molecular formula is C15H22NNaO3. The van der Waals surface area contributed by atoms with Crippen LogP contribution in [-0.4, -0.2) is 22.9 Å². The first-order valence-electron chi connectivity index (χ1n) is 6.51. The third kappa shape index (κ3) is 5.75. The molecule has 106 valence electrons. The van der Waals surface area contributed by atoms with Crippen LogP contribution in [0.25, 0.3) is 0 Å². The fraction of sp³-hybridized carbons (Fsp3) is 0.467. The SMILES string of the molecule is CC(C)CCC(C(=O)O)C(N)C(=O)c1ccccc1.[H-].[Na+]. The van der Waals surface area contributed by atoms with Crippen LogP contribution < -0.4 is 35.3 Å². The first kappa shape index (κ1) is 19.3. The molecule has 0 aliphatic heterocycles. The monoisotopic (exact) mass is 287 g/mol. The predicted molar refractivity (Wildman–Crippen MR) is 75.1 cm³/mol. The summed E-state index contributed by atoms with van der Waals surface area (Å²) in [5, 5.41) is 9.22. The average molecular weight is 287 g/mol. The number of carbonyl (C=O) groups excluding carboxylic acids is 1. The van der Waals surface area contributed by atoms with Crippen molar-refractivity contribution in [1.29, 1.82) is 0 Å². The average Bonchev–Trinajstić information content (AvgIpc) is 2.38. The van der Waals surface area contributed by atoms with E-state index in [1.165, 1.54) is 0 Å². The van der Waals surface area contributed by atoms with E-state index in [9.17, 15) is 14.7 Å².